The van der Waals surface area contributed by atoms with Crippen LogP contribution in [0, 0.1) is 5.82 Å². The molecule has 3 N–H and O–H groups in total. The summed E-state index contributed by atoms with van der Waals surface area (Å²) in [6, 6.07) is 7.89. The van der Waals surface area contributed by atoms with Gasteiger partial charge >= 0.3 is 12.1 Å². The topological polar surface area (TPSA) is 166 Å². The van der Waals surface area contributed by atoms with Crippen molar-refractivity contribution in [1.29, 1.82) is 0 Å². The molecule has 1 fully saturated rings. The number of aromatic nitrogens is 1. The number of rotatable bonds is 13. The van der Waals surface area contributed by atoms with Crippen LogP contribution < -0.4 is 16.0 Å². The molecule has 1 saturated heterocycles. The van der Waals surface area contributed by atoms with Crippen LogP contribution in [-0.4, -0.2) is 91.5 Å². The molecule has 0 bridgehead atoms. The molecule has 3 heterocycles. The minimum Gasteiger partial charge on any atom is -0.461 e. The number of pyridine rings is 1. The standard InChI is InChI=1S/C29H35FN6O7/c1-17(37)32-14-22-16-36(29(40)42-22)19-5-6-23(24(30)10-19)18-4-7-25(33-13-18)26-12-20(43-34-26)11-21(15-35(2)3)41-28(39)9-8-27(31)38/h4-7,10,13,20-22H,8-9,11-12,14-16H2,1-3H3,(H2,31,38)(H,32,37). The number of hydrogen-bond acceptors (Lipinski definition) is 10. The Kier molecular flexibility index (Phi) is 10.2. The molecule has 2 aromatic rings. The van der Waals surface area contributed by atoms with Crippen molar-refractivity contribution in [3.63, 3.8) is 0 Å². The highest BCUT2D eigenvalue weighted by Crippen LogP contribution is 2.29. The first-order chi connectivity index (χ1) is 20.5. The monoisotopic (exact) mass is 598 g/mol. The fraction of sp³-hybridized carbons (Fsp3) is 0.448. The average Bonchev–Trinajstić information content (AvgIpc) is 3.56. The maximum Gasteiger partial charge on any atom is 0.414 e. The Hall–Kier alpha value is -4.59. The first-order valence-corrected chi connectivity index (χ1v) is 13.8. The molecular formula is C29H35FN6O7. The number of oxime groups is 1. The fourth-order valence-corrected chi connectivity index (χ4v) is 4.76. The van der Waals surface area contributed by atoms with Gasteiger partial charge < -0.3 is 30.3 Å². The van der Waals surface area contributed by atoms with Crippen LogP contribution in [0.3, 0.4) is 0 Å². The second kappa shape index (κ2) is 14.1. The number of hydrogen-bond donors (Lipinski definition) is 2. The summed E-state index contributed by atoms with van der Waals surface area (Å²) >= 11 is 0. The summed E-state index contributed by atoms with van der Waals surface area (Å²) in [4.78, 5) is 59.8. The second-order valence-corrected chi connectivity index (χ2v) is 10.7. The van der Waals surface area contributed by atoms with Crippen molar-refractivity contribution >= 4 is 35.3 Å². The molecular weight excluding hydrogens is 563 g/mol. The van der Waals surface area contributed by atoms with E-state index in [4.69, 9.17) is 20.0 Å². The van der Waals surface area contributed by atoms with Crippen molar-refractivity contribution in [2.45, 2.75) is 50.9 Å². The number of likely N-dealkylation sites (N-methyl/N-ethyl adjacent to an activating group) is 1. The van der Waals surface area contributed by atoms with E-state index in [0.29, 0.717) is 47.6 Å². The Labute approximate surface area is 248 Å². The van der Waals surface area contributed by atoms with Gasteiger partial charge in [0.05, 0.1) is 30.9 Å². The van der Waals surface area contributed by atoms with Crippen molar-refractivity contribution in [1.82, 2.24) is 15.2 Å². The van der Waals surface area contributed by atoms with E-state index in [9.17, 15) is 19.2 Å². The number of ether oxygens (including phenoxy) is 2. The van der Waals surface area contributed by atoms with Crippen LogP contribution in [0.4, 0.5) is 14.9 Å². The lowest BCUT2D eigenvalue weighted by molar-refractivity contribution is -0.152. The molecule has 0 saturated carbocycles. The number of nitrogens with one attached hydrogen (secondary N) is 1. The maximum atomic E-state index is 15.1. The molecule has 3 unspecified atom stereocenters. The van der Waals surface area contributed by atoms with E-state index < -0.39 is 36.0 Å². The molecule has 4 rings (SSSR count). The van der Waals surface area contributed by atoms with Crippen molar-refractivity contribution in [2.24, 2.45) is 10.9 Å². The molecule has 2 aliphatic heterocycles. The van der Waals surface area contributed by atoms with Crippen molar-refractivity contribution in [3.8, 4) is 11.1 Å². The number of nitrogens with zero attached hydrogens (tertiary/aromatic N) is 4. The largest absolute Gasteiger partial charge is 0.461 e. The van der Waals surface area contributed by atoms with E-state index in [2.05, 4.69) is 15.5 Å². The fourth-order valence-electron chi connectivity index (χ4n) is 4.76. The molecule has 0 aliphatic carbocycles. The molecule has 0 radical (unpaired) electrons. The molecule has 2 aliphatic rings. The zero-order valence-corrected chi connectivity index (χ0v) is 24.2. The van der Waals surface area contributed by atoms with Gasteiger partial charge in [-0.3, -0.25) is 24.3 Å². The number of carbonyl (C=O) groups excluding carboxylic acids is 4. The van der Waals surface area contributed by atoms with Gasteiger partial charge in [-0.05, 0) is 38.4 Å². The number of primary amides is 1. The third-order valence-electron chi connectivity index (χ3n) is 6.79. The third-order valence-corrected chi connectivity index (χ3v) is 6.79. The first kappa shape index (κ1) is 31.3. The lowest BCUT2D eigenvalue weighted by atomic mass is 10.0. The van der Waals surface area contributed by atoms with E-state index in [-0.39, 0.29) is 37.9 Å². The predicted octanol–water partition coefficient (Wildman–Crippen LogP) is 1.97. The summed E-state index contributed by atoms with van der Waals surface area (Å²) in [5.41, 5.74) is 7.47. The Morgan fingerprint density at radius 1 is 1.21 bits per heavy atom. The summed E-state index contributed by atoms with van der Waals surface area (Å²) < 4.78 is 25.9. The van der Waals surface area contributed by atoms with Crippen LogP contribution in [0.1, 0.15) is 38.3 Å². The predicted molar refractivity (Wildman–Crippen MR) is 153 cm³/mol. The SMILES string of the molecule is CC(=O)NCC1CN(c2ccc(-c3ccc(C4=NOC(CC(CN(C)C)OC(=O)CCC(N)=O)C4)nc3)c(F)c2)C(=O)O1. The molecule has 1 aromatic heterocycles. The zero-order valence-electron chi connectivity index (χ0n) is 24.2. The van der Waals surface area contributed by atoms with Crippen LogP contribution >= 0.6 is 0 Å². The lowest BCUT2D eigenvalue weighted by Gasteiger charge is -2.23. The summed E-state index contributed by atoms with van der Waals surface area (Å²) in [6.07, 6.45) is 0.247. The van der Waals surface area contributed by atoms with Gasteiger partial charge in [-0.25, -0.2) is 9.18 Å². The summed E-state index contributed by atoms with van der Waals surface area (Å²) in [5.74, 6) is -1.85. The summed E-state index contributed by atoms with van der Waals surface area (Å²) in [7, 11) is 3.71. The summed E-state index contributed by atoms with van der Waals surface area (Å²) in [6.45, 7) is 2.20. The van der Waals surface area contributed by atoms with E-state index in [1.165, 1.54) is 24.1 Å². The van der Waals surface area contributed by atoms with Crippen LogP contribution in [0.15, 0.2) is 41.7 Å². The van der Waals surface area contributed by atoms with Crippen LogP contribution in [-0.2, 0) is 28.7 Å². The normalized spacial score (nSPS) is 18.6. The van der Waals surface area contributed by atoms with Crippen LogP contribution in [0.5, 0.6) is 0 Å². The number of anilines is 1. The molecule has 13 nitrogen and oxygen atoms in total. The Morgan fingerprint density at radius 3 is 2.65 bits per heavy atom. The number of benzene rings is 1. The third kappa shape index (κ3) is 8.70. The smallest absolute Gasteiger partial charge is 0.414 e. The van der Waals surface area contributed by atoms with Gasteiger partial charge in [0, 0.05) is 50.1 Å². The average molecular weight is 599 g/mol. The summed E-state index contributed by atoms with van der Waals surface area (Å²) in [5, 5.41) is 6.77. The van der Waals surface area contributed by atoms with Gasteiger partial charge in [0.15, 0.2) is 0 Å². The minimum atomic E-state index is -0.610. The molecule has 230 valence electrons. The minimum absolute atomic E-state index is 0.0784. The first-order valence-electron chi connectivity index (χ1n) is 13.8. The van der Waals surface area contributed by atoms with Gasteiger partial charge in [-0.15, -0.1) is 0 Å². The van der Waals surface area contributed by atoms with Crippen LogP contribution in [0.2, 0.25) is 0 Å². The van der Waals surface area contributed by atoms with Crippen molar-refractivity contribution in [3.05, 3.63) is 48.0 Å². The van der Waals surface area contributed by atoms with Gasteiger partial charge in [0.2, 0.25) is 11.8 Å². The maximum absolute atomic E-state index is 15.1. The van der Waals surface area contributed by atoms with Gasteiger partial charge in [-0.2, -0.15) is 0 Å². The molecule has 3 atom stereocenters. The number of carbonyl (C=O) groups is 4. The number of cyclic esters (lactones) is 1. The van der Waals surface area contributed by atoms with Crippen molar-refractivity contribution in [2.75, 3.05) is 38.6 Å². The van der Waals surface area contributed by atoms with E-state index >= 15 is 4.39 Å². The van der Waals surface area contributed by atoms with Gasteiger partial charge in [0.25, 0.3) is 0 Å². The molecule has 3 amide bonds. The Bertz CT molecular complexity index is 1380. The Balaban J connectivity index is 1.35. The van der Waals surface area contributed by atoms with E-state index in [1.54, 1.807) is 24.3 Å². The van der Waals surface area contributed by atoms with E-state index in [0.717, 1.165) is 0 Å². The van der Waals surface area contributed by atoms with Gasteiger partial charge in [-0.1, -0.05) is 11.2 Å². The zero-order chi connectivity index (χ0) is 31.1. The second-order valence-electron chi connectivity index (χ2n) is 10.7. The number of nitrogens with two attached hydrogens (primary N) is 1. The molecule has 14 heteroatoms. The quantitative estimate of drug-likeness (QED) is 0.328. The number of amides is 3. The van der Waals surface area contributed by atoms with Crippen molar-refractivity contribution < 1.29 is 37.9 Å². The number of esters is 1. The van der Waals surface area contributed by atoms with Gasteiger partial charge in [0.1, 0.15) is 29.8 Å². The molecule has 1 aromatic carbocycles. The number of halogens is 1. The lowest BCUT2D eigenvalue weighted by Crippen LogP contribution is -2.33. The highest BCUT2D eigenvalue weighted by atomic mass is 19.1. The molecule has 0 spiro atoms. The Morgan fingerprint density at radius 2 is 2.00 bits per heavy atom. The molecule has 43 heavy (non-hydrogen) atoms. The van der Waals surface area contributed by atoms with Crippen LogP contribution in [0.25, 0.3) is 11.1 Å². The highest BCUT2D eigenvalue weighted by Gasteiger charge is 2.33. The van der Waals surface area contributed by atoms with E-state index in [1.807, 2.05) is 19.0 Å². The highest BCUT2D eigenvalue weighted by molar-refractivity contribution is 5.99.